The number of ether oxygens (including phenoxy) is 1. The standard InChI is InChI=1S/C20H24N2O7S/c1-20(2,3)29-14(23)10-21-18(25)15-17(24)12-7-8-13(30(4,27)28)11-6-5-9-22(16(11)12)19(15)26/h7-8,24H,5-6,9-10H2,1-4H3,(H,21,25). The Labute approximate surface area is 173 Å². The largest absolute Gasteiger partial charge is 0.506 e. The molecule has 30 heavy (non-hydrogen) atoms. The highest BCUT2D eigenvalue weighted by Crippen LogP contribution is 2.35. The molecule has 0 bridgehead atoms. The summed E-state index contributed by atoms with van der Waals surface area (Å²) in [6.45, 7) is 4.86. The first-order valence-electron chi connectivity index (χ1n) is 9.42. The molecule has 0 atom stereocenters. The van der Waals surface area contributed by atoms with Gasteiger partial charge in [-0.15, -0.1) is 0 Å². The molecular formula is C20H24N2O7S. The Morgan fingerprint density at radius 1 is 1.27 bits per heavy atom. The van der Waals surface area contributed by atoms with Gasteiger partial charge in [-0.3, -0.25) is 14.4 Å². The number of benzene rings is 1. The molecule has 0 unspecified atom stereocenters. The van der Waals surface area contributed by atoms with Crippen LogP contribution in [0.25, 0.3) is 10.9 Å². The fourth-order valence-electron chi connectivity index (χ4n) is 3.63. The molecule has 0 radical (unpaired) electrons. The number of hydrogen-bond donors (Lipinski definition) is 2. The summed E-state index contributed by atoms with van der Waals surface area (Å²) in [5.41, 5.74) is -1.20. The monoisotopic (exact) mass is 436 g/mol. The van der Waals surface area contributed by atoms with Crippen molar-refractivity contribution in [2.45, 2.75) is 50.7 Å². The Morgan fingerprint density at radius 2 is 1.93 bits per heavy atom. The number of aryl methyl sites for hydroxylation is 2. The molecule has 0 saturated heterocycles. The lowest BCUT2D eigenvalue weighted by Crippen LogP contribution is -2.38. The van der Waals surface area contributed by atoms with Gasteiger partial charge in [-0.2, -0.15) is 0 Å². The number of nitrogens with one attached hydrogen (secondary N) is 1. The van der Waals surface area contributed by atoms with Crippen molar-refractivity contribution in [1.82, 2.24) is 9.88 Å². The molecule has 0 fully saturated rings. The summed E-state index contributed by atoms with van der Waals surface area (Å²) < 4.78 is 30.7. The normalized spacial score (nSPS) is 13.9. The van der Waals surface area contributed by atoms with Crippen LogP contribution in [0.5, 0.6) is 5.75 Å². The molecule has 0 spiro atoms. The number of carbonyl (C=O) groups is 2. The van der Waals surface area contributed by atoms with Crippen LogP contribution in [-0.2, 0) is 32.3 Å². The Bertz CT molecular complexity index is 1220. The van der Waals surface area contributed by atoms with Crippen LogP contribution in [0.1, 0.15) is 43.1 Å². The molecule has 1 amide bonds. The molecule has 10 heteroatoms. The van der Waals surface area contributed by atoms with Gasteiger partial charge in [0.2, 0.25) is 0 Å². The van der Waals surface area contributed by atoms with E-state index in [1.807, 2.05) is 0 Å². The number of nitrogens with zero attached hydrogens (tertiary/aromatic N) is 1. The third kappa shape index (κ3) is 4.04. The summed E-state index contributed by atoms with van der Waals surface area (Å²) in [5, 5.41) is 13.2. The molecule has 9 nitrogen and oxygen atoms in total. The number of sulfone groups is 1. The van der Waals surface area contributed by atoms with Gasteiger partial charge in [0.1, 0.15) is 23.5 Å². The quantitative estimate of drug-likeness (QED) is 0.687. The second-order valence-corrected chi connectivity index (χ2v) is 10.2. The predicted molar refractivity (Wildman–Crippen MR) is 109 cm³/mol. The molecule has 0 saturated carbocycles. The highest BCUT2D eigenvalue weighted by Gasteiger charge is 2.28. The van der Waals surface area contributed by atoms with Gasteiger partial charge >= 0.3 is 5.97 Å². The number of hydrogen-bond acceptors (Lipinski definition) is 7. The van der Waals surface area contributed by atoms with Crippen LogP contribution in [0.4, 0.5) is 0 Å². The number of pyridine rings is 1. The van der Waals surface area contributed by atoms with Crippen molar-refractivity contribution in [3.05, 3.63) is 33.6 Å². The van der Waals surface area contributed by atoms with Gasteiger partial charge in [-0.05, 0) is 51.3 Å². The van der Waals surface area contributed by atoms with Crippen molar-refractivity contribution < 1.29 is 27.9 Å². The molecule has 2 aromatic rings. The minimum absolute atomic E-state index is 0.101. The number of carbonyl (C=O) groups excluding carboxylic acids is 2. The van der Waals surface area contributed by atoms with Gasteiger partial charge in [0.15, 0.2) is 9.84 Å². The van der Waals surface area contributed by atoms with Gasteiger partial charge in [0.05, 0.1) is 10.4 Å². The van der Waals surface area contributed by atoms with E-state index in [-0.39, 0.29) is 16.8 Å². The van der Waals surface area contributed by atoms with Gasteiger partial charge in [0, 0.05) is 18.2 Å². The van der Waals surface area contributed by atoms with Crippen molar-refractivity contribution in [3.8, 4) is 5.75 Å². The zero-order valence-corrected chi connectivity index (χ0v) is 18.1. The second-order valence-electron chi connectivity index (χ2n) is 8.26. The summed E-state index contributed by atoms with van der Waals surface area (Å²) in [6.07, 6.45) is 2.03. The first-order chi connectivity index (χ1) is 13.8. The first kappa shape index (κ1) is 21.8. The van der Waals surface area contributed by atoms with Crippen molar-refractivity contribution in [1.29, 1.82) is 0 Å². The molecule has 1 aliphatic heterocycles. The molecule has 2 heterocycles. The fourth-order valence-corrected chi connectivity index (χ4v) is 4.59. The molecule has 162 valence electrons. The van der Waals surface area contributed by atoms with Crippen molar-refractivity contribution >= 4 is 32.6 Å². The molecule has 2 N–H and O–H groups in total. The zero-order chi connectivity index (χ0) is 22.4. The summed E-state index contributed by atoms with van der Waals surface area (Å²) in [5.74, 6) is -2.14. The van der Waals surface area contributed by atoms with Crippen LogP contribution in [0.3, 0.4) is 0 Å². The number of esters is 1. The smallest absolute Gasteiger partial charge is 0.325 e. The molecular weight excluding hydrogens is 412 g/mol. The van der Waals surface area contributed by atoms with Gasteiger partial charge in [0.25, 0.3) is 11.5 Å². The number of amides is 1. The van der Waals surface area contributed by atoms with Crippen LogP contribution < -0.4 is 10.9 Å². The van der Waals surface area contributed by atoms with Gasteiger partial charge < -0.3 is 19.7 Å². The van der Waals surface area contributed by atoms with Crippen molar-refractivity contribution in [2.24, 2.45) is 0 Å². The van der Waals surface area contributed by atoms with Crippen LogP contribution in [0.2, 0.25) is 0 Å². The van der Waals surface area contributed by atoms with Crippen LogP contribution >= 0.6 is 0 Å². The fraction of sp³-hybridized carbons (Fsp3) is 0.450. The Hall–Kier alpha value is -2.88. The number of aromatic hydroxyl groups is 1. The molecule has 1 aromatic carbocycles. The third-order valence-corrected chi connectivity index (χ3v) is 5.89. The predicted octanol–water partition coefficient (Wildman–Crippen LogP) is 1.13. The van der Waals surface area contributed by atoms with E-state index in [0.29, 0.717) is 23.9 Å². The summed E-state index contributed by atoms with van der Waals surface area (Å²) >= 11 is 0. The summed E-state index contributed by atoms with van der Waals surface area (Å²) in [6, 6.07) is 2.76. The number of aromatic nitrogens is 1. The Kier molecular flexibility index (Phi) is 5.40. The van der Waals surface area contributed by atoms with E-state index < -0.39 is 50.7 Å². The van der Waals surface area contributed by atoms with Crippen molar-refractivity contribution in [2.75, 3.05) is 12.8 Å². The van der Waals surface area contributed by atoms with Gasteiger partial charge in [-0.1, -0.05) is 0 Å². The summed E-state index contributed by atoms with van der Waals surface area (Å²) in [4.78, 5) is 37.5. The lowest BCUT2D eigenvalue weighted by atomic mass is 9.99. The highest BCUT2D eigenvalue weighted by atomic mass is 32.2. The molecule has 1 aliphatic rings. The third-order valence-electron chi connectivity index (χ3n) is 4.71. The first-order valence-corrected chi connectivity index (χ1v) is 11.3. The second kappa shape index (κ2) is 7.42. The van der Waals surface area contributed by atoms with Crippen molar-refractivity contribution in [3.63, 3.8) is 0 Å². The minimum Gasteiger partial charge on any atom is -0.506 e. The van der Waals surface area contributed by atoms with Crippen LogP contribution in [-0.4, -0.2) is 48.4 Å². The SMILES string of the molecule is CC(C)(C)OC(=O)CNC(=O)c1c(O)c2ccc(S(C)(=O)=O)c3c2n(c1=O)CCC3. The van der Waals surface area contributed by atoms with E-state index in [9.17, 15) is 27.9 Å². The topological polar surface area (TPSA) is 132 Å². The average molecular weight is 436 g/mol. The minimum atomic E-state index is -3.53. The van der Waals surface area contributed by atoms with Crippen LogP contribution in [0, 0.1) is 0 Å². The maximum atomic E-state index is 13.0. The maximum Gasteiger partial charge on any atom is 0.325 e. The zero-order valence-electron chi connectivity index (χ0n) is 17.2. The van der Waals surface area contributed by atoms with Gasteiger partial charge in [-0.25, -0.2) is 8.42 Å². The van der Waals surface area contributed by atoms with Crippen LogP contribution in [0.15, 0.2) is 21.8 Å². The highest BCUT2D eigenvalue weighted by molar-refractivity contribution is 7.90. The molecule has 3 rings (SSSR count). The summed E-state index contributed by atoms with van der Waals surface area (Å²) in [7, 11) is -3.53. The van der Waals surface area contributed by atoms with E-state index in [4.69, 9.17) is 4.74 Å². The number of rotatable bonds is 4. The molecule has 0 aliphatic carbocycles. The van der Waals surface area contributed by atoms with E-state index in [2.05, 4.69) is 5.32 Å². The lowest BCUT2D eigenvalue weighted by Gasteiger charge is -2.23. The van der Waals surface area contributed by atoms with E-state index in [0.717, 1.165) is 6.26 Å². The maximum absolute atomic E-state index is 13.0. The van der Waals surface area contributed by atoms with E-state index in [1.54, 1.807) is 20.8 Å². The van der Waals surface area contributed by atoms with E-state index >= 15 is 0 Å². The molecule has 1 aromatic heterocycles. The Balaban J connectivity index is 2.07. The van der Waals surface area contributed by atoms with E-state index in [1.165, 1.54) is 16.7 Å². The Morgan fingerprint density at radius 3 is 2.53 bits per heavy atom. The average Bonchev–Trinajstić information content (AvgIpc) is 2.61. The lowest BCUT2D eigenvalue weighted by molar-refractivity contribution is -0.153.